The quantitative estimate of drug-likeness (QED) is 0.386. The molecule has 1 N–H and O–H groups in total. The van der Waals surface area contributed by atoms with E-state index in [0.717, 1.165) is 16.9 Å². The van der Waals surface area contributed by atoms with Crippen LogP contribution >= 0.6 is 0 Å². The highest BCUT2D eigenvalue weighted by atomic mass is 16.5. The van der Waals surface area contributed by atoms with Gasteiger partial charge in [-0.05, 0) is 67.4 Å². The summed E-state index contributed by atoms with van der Waals surface area (Å²) in [5, 5.41) is 12.1. The van der Waals surface area contributed by atoms with Crippen molar-refractivity contribution in [2.24, 2.45) is 0 Å². The van der Waals surface area contributed by atoms with E-state index in [9.17, 15) is 10.1 Å². The van der Waals surface area contributed by atoms with Gasteiger partial charge in [0.2, 0.25) is 0 Å². The Balaban J connectivity index is 1.60. The zero-order valence-electron chi connectivity index (χ0n) is 17.5. The number of nitriles is 1. The fourth-order valence-electron chi connectivity index (χ4n) is 2.80. The van der Waals surface area contributed by atoms with Crippen molar-refractivity contribution in [1.29, 1.82) is 5.26 Å². The normalized spacial score (nSPS) is 11.0. The fraction of sp³-hybridized carbons (Fsp3) is 0.154. The van der Waals surface area contributed by atoms with Crippen molar-refractivity contribution in [2.75, 3.05) is 5.32 Å². The standard InChI is InChI=1S/C26H24N2O3/c1-19(2)31-25-12-8-20(9-13-25)16-22(17-27)26(29)28-23-10-14-24(15-11-23)30-18-21-6-4-3-5-7-21/h3-16,19H,18H2,1-2H3,(H,28,29)/b22-16+. The second-order valence-electron chi connectivity index (χ2n) is 7.16. The lowest BCUT2D eigenvalue weighted by Gasteiger charge is -2.09. The molecule has 0 atom stereocenters. The molecule has 0 saturated heterocycles. The van der Waals surface area contributed by atoms with E-state index in [2.05, 4.69) is 5.32 Å². The third-order valence-electron chi connectivity index (χ3n) is 4.29. The molecule has 5 nitrogen and oxygen atoms in total. The minimum atomic E-state index is -0.469. The molecule has 3 aromatic rings. The second kappa shape index (κ2) is 10.7. The Morgan fingerprint density at radius 3 is 2.23 bits per heavy atom. The lowest BCUT2D eigenvalue weighted by Crippen LogP contribution is -2.13. The van der Waals surface area contributed by atoms with Crippen LogP contribution in [0.25, 0.3) is 6.08 Å². The maximum absolute atomic E-state index is 12.5. The van der Waals surface area contributed by atoms with Crippen LogP contribution in [0.15, 0.2) is 84.4 Å². The Morgan fingerprint density at radius 1 is 0.968 bits per heavy atom. The number of benzene rings is 3. The van der Waals surface area contributed by atoms with E-state index < -0.39 is 5.91 Å². The van der Waals surface area contributed by atoms with E-state index in [4.69, 9.17) is 9.47 Å². The van der Waals surface area contributed by atoms with Crippen molar-refractivity contribution < 1.29 is 14.3 Å². The Hall–Kier alpha value is -4.04. The molecule has 0 aliphatic carbocycles. The summed E-state index contributed by atoms with van der Waals surface area (Å²) in [7, 11) is 0. The molecule has 156 valence electrons. The number of carbonyl (C=O) groups excluding carboxylic acids is 1. The smallest absolute Gasteiger partial charge is 0.266 e. The van der Waals surface area contributed by atoms with Gasteiger partial charge in [0.25, 0.3) is 5.91 Å². The Morgan fingerprint density at radius 2 is 1.61 bits per heavy atom. The van der Waals surface area contributed by atoms with Gasteiger partial charge in [0.05, 0.1) is 6.10 Å². The van der Waals surface area contributed by atoms with E-state index in [1.54, 1.807) is 42.5 Å². The van der Waals surface area contributed by atoms with Crippen molar-refractivity contribution in [3.05, 3.63) is 95.6 Å². The molecule has 0 bridgehead atoms. The molecule has 1 amide bonds. The van der Waals surface area contributed by atoms with Crippen LogP contribution < -0.4 is 14.8 Å². The van der Waals surface area contributed by atoms with Crippen LogP contribution in [-0.4, -0.2) is 12.0 Å². The first-order chi connectivity index (χ1) is 15.0. The average Bonchev–Trinajstić information content (AvgIpc) is 2.78. The third kappa shape index (κ3) is 6.76. The Labute approximate surface area is 182 Å². The molecule has 0 aromatic heterocycles. The first-order valence-electron chi connectivity index (χ1n) is 10.00. The van der Waals surface area contributed by atoms with Gasteiger partial charge in [-0.15, -0.1) is 0 Å². The van der Waals surface area contributed by atoms with Crippen LogP contribution in [0.1, 0.15) is 25.0 Å². The van der Waals surface area contributed by atoms with E-state index in [-0.39, 0.29) is 11.7 Å². The van der Waals surface area contributed by atoms with Crippen LogP contribution in [-0.2, 0) is 11.4 Å². The monoisotopic (exact) mass is 412 g/mol. The van der Waals surface area contributed by atoms with Crippen LogP contribution in [0.4, 0.5) is 5.69 Å². The number of carbonyl (C=O) groups is 1. The number of anilines is 1. The minimum absolute atomic E-state index is 0.0157. The second-order valence-corrected chi connectivity index (χ2v) is 7.16. The van der Waals surface area contributed by atoms with Gasteiger partial charge in [0, 0.05) is 5.69 Å². The van der Waals surface area contributed by atoms with Crippen molar-refractivity contribution >= 4 is 17.7 Å². The van der Waals surface area contributed by atoms with Crippen LogP contribution in [0, 0.1) is 11.3 Å². The van der Waals surface area contributed by atoms with Crippen LogP contribution in [0.2, 0.25) is 0 Å². The predicted molar refractivity (Wildman–Crippen MR) is 122 cm³/mol. The summed E-state index contributed by atoms with van der Waals surface area (Å²) in [6.45, 7) is 4.37. The van der Waals surface area contributed by atoms with Crippen LogP contribution in [0.3, 0.4) is 0 Å². The lowest BCUT2D eigenvalue weighted by atomic mass is 10.1. The number of nitrogens with one attached hydrogen (secondary N) is 1. The molecule has 0 aliphatic heterocycles. The van der Waals surface area contributed by atoms with Gasteiger partial charge < -0.3 is 14.8 Å². The SMILES string of the molecule is CC(C)Oc1ccc(/C=C(\C#N)C(=O)Nc2ccc(OCc3ccccc3)cc2)cc1. The van der Waals surface area contributed by atoms with Gasteiger partial charge >= 0.3 is 0 Å². The fourth-order valence-corrected chi connectivity index (χ4v) is 2.80. The maximum atomic E-state index is 12.5. The van der Waals surface area contributed by atoms with Gasteiger partial charge in [0.1, 0.15) is 29.7 Å². The van der Waals surface area contributed by atoms with Crippen LogP contribution in [0.5, 0.6) is 11.5 Å². The lowest BCUT2D eigenvalue weighted by molar-refractivity contribution is -0.112. The van der Waals surface area contributed by atoms with Gasteiger partial charge in [-0.3, -0.25) is 4.79 Å². The summed E-state index contributed by atoms with van der Waals surface area (Å²) in [6, 6.07) is 26.1. The molecule has 3 rings (SSSR count). The molecule has 0 radical (unpaired) electrons. The molecule has 0 fully saturated rings. The Kier molecular flexibility index (Phi) is 7.45. The number of hydrogen-bond donors (Lipinski definition) is 1. The molecule has 5 heteroatoms. The van der Waals surface area contributed by atoms with E-state index >= 15 is 0 Å². The third-order valence-corrected chi connectivity index (χ3v) is 4.29. The summed E-state index contributed by atoms with van der Waals surface area (Å²) < 4.78 is 11.4. The summed E-state index contributed by atoms with van der Waals surface area (Å²) >= 11 is 0. The van der Waals surface area contributed by atoms with Gasteiger partial charge in [-0.1, -0.05) is 42.5 Å². The molecule has 0 unspecified atom stereocenters. The number of amides is 1. The zero-order chi connectivity index (χ0) is 22.1. The van der Waals surface area contributed by atoms with Gasteiger partial charge in [-0.25, -0.2) is 0 Å². The first kappa shape index (κ1) is 21.7. The molecule has 31 heavy (non-hydrogen) atoms. The number of hydrogen-bond acceptors (Lipinski definition) is 4. The molecular weight excluding hydrogens is 388 g/mol. The topological polar surface area (TPSA) is 71.3 Å². The molecule has 3 aromatic carbocycles. The van der Waals surface area contributed by atoms with Crippen molar-refractivity contribution in [1.82, 2.24) is 0 Å². The summed E-state index contributed by atoms with van der Waals surface area (Å²) in [5.74, 6) is 0.967. The van der Waals surface area contributed by atoms with E-state index in [0.29, 0.717) is 18.0 Å². The minimum Gasteiger partial charge on any atom is -0.491 e. The predicted octanol–water partition coefficient (Wildman–Crippen LogP) is 5.60. The molecule has 0 aliphatic rings. The van der Waals surface area contributed by atoms with Gasteiger partial charge in [0.15, 0.2) is 0 Å². The number of rotatable bonds is 8. The highest BCUT2D eigenvalue weighted by Crippen LogP contribution is 2.19. The van der Waals surface area contributed by atoms with E-state index in [1.807, 2.05) is 62.4 Å². The first-order valence-corrected chi connectivity index (χ1v) is 10.00. The largest absolute Gasteiger partial charge is 0.491 e. The van der Waals surface area contributed by atoms with E-state index in [1.165, 1.54) is 0 Å². The molecular formula is C26H24N2O3. The maximum Gasteiger partial charge on any atom is 0.266 e. The molecule has 0 heterocycles. The highest BCUT2D eigenvalue weighted by Gasteiger charge is 2.10. The summed E-state index contributed by atoms with van der Waals surface area (Å²) in [4.78, 5) is 12.5. The van der Waals surface area contributed by atoms with Crippen molar-refractivity contribution in [3.8, 4) is 17.6 Å². The Bertz CT molecular complexity index is 1060. The number of nitrogens with zero attached hydrogens (tertiary/aromatic N) is 1. The number of ether oxygens (including phenoxy) is 2. The summed E-state index contributed by atoms with van der Waals surface area (Å²) in [6.07, 6.45) is 1.63. The summed E-state index contributed by atoms with van der Waals surface area (Å²) in [5.41, 5.74) is 2.42. The highest BCUT2D eigenvalue weighted by molar-refractivity contribution is 6.09. The van der Waals surface area contributed by atoms with Crippen molar-refractivity contribution in [2.45, 2.75) is 26.6 Å². The zero-order valence-corrected chi connectivity index (χ0v) is 17.5. The average molecular weight is 412 g/mol. The molecule has 0 spiro atoms. The molecule has 0 saturated carbocycles. The van der Waals surface area contributed by atoms with Crippen molar-refractivity contribution in [3.63, 3.8) is 0 Å². The van der Waals surface area contributed by atoms with Gasteiger partial charge in [-0.2, -0.15) is 5.26 Å².